The summed E-state index contributed by atoms with van der Waals surface area (Å²) in [5, 5.41) is 4.57. The number of fused-ring (bicyclic) bond motifs is 1. The van der Waals surface area contributed by atoms with Gasteiger partial charge < -0.3 is 24.3 Å². The number of urea groups is 1. The molecule has 0 radical (unpaired) electrons. The maximum Gasteiger partial charge on any atom is 0.338 e. The van der Waals surface area contributed by atoms with Crippen LogP contribution in [0.1, 0.15) is 10.4 Å². The number of hydrogen-bond acceptors (Lipinski definition) is 7. The minimum Gasteiger partial charge on any atom is -0.497 e. The van der Waals surface area contributed by atoms with Crippen molar-refractivity contribution >= 4 is 23.6 Å². The molecule has 0 bridgehead atoms. The molecule has 1 aliphatic heterocycles. The van der Waals surface area contributed by atoms with Gasteiger partial charge in [0.15, 0.2) is 18.1 Å². The topological polar surface area (TPSA) is 112 Å². The van der Waals surface area contributed by atoms with Crippen LogP contribution in [0.25, 0.3) is 0 Å². The van der Waals surface area contributed by atoms with Crippen LogP contribution in [-0.4, -0.2) is 44.8 Å². The number of anilines is 1. The van der Waals surface area contributed by atoms with E-state index in [0.717, 1.165) is 0 Å². The van der Waals surface area contributed by atoms with Gasteiger partial charge in [0.05, 0.1) is 12.7 Å². The Balaban J connectivity index is 1.46. The van der Waals surface area contributed by atoms with Crippen molar-refractivity contribution < 1.29 is 33.3 Å². The summed E-state index contributed by atoms with van der Waals surface area (Å²) in [5.74, 6) is 0.217. The number of esters is 1. The molecule has 0 aromatic heterocycles. The molecule has 1 aliphatic rings. The lowest BCUT2D eigenvalue weighted by atomic mass is 10.2. The highest BCUT2D eigenvalue weighted by molar-refractivity contribution is 6.02. The number of amides is 3. The van der Waals surface area contributed by atoms with Crippen LogP contribution < -0.4 is 24.8 Å². The summed E-state index contributed by atoms with van der Waals surface area (Å²) in [6, 6.07) is 10.3. The van der Waals surface area contributed by atoms with Crippen LogP contribution in [0.5, 0.6) is 17.2 Å². The number of nitrogens with one attached hydrogen (secondary N) is 2. The standard InChI is InChI=1S/C19H18N2O7/c1-25-14-5-2-12(3-6-14)18(23)28-11-17(22)21-19(24)20-13-4-7-15-16(10-13)27-9-8-26-15/h2-7,10H,8-9,11H2,1H3,(H2,20,21,22,24). The number of benzene rings is 2. The molecular formula is C19H18N2O7. The van der Waals surface area contributed by atoms with Gasteiger partial charge in [-0.3, -0.25) is 10.1 Å². The third-order valence-electron chi connectivity index (χ3n) is 3.71. The molecular weight excluding hydrogens is 368 g/mol. The van der Waals surface area contributed by atoms with Crippen molar-refractivity contribution in [2.24, 2.45) is 0 Å². The van der Waals surface area contributed by atoms with E-state index >= 15 is 0 Å². The fourth-order valence-corrected chi connectivity index (χ4v) is 2.39. The second-order valence-electron chi connectivity index (χ2n) is 5.67. The molecule has 0 unspecified atom stereocenters. The molecule has 0 saturated carbocycles. The summed E-state index contributed by atoms with van der Waals surface area (Å²) < 4.78 is 20.7. The van der Waals surface area contributed by atoms with E-state index < -0.39 is 24.5 Å². The minimum absolute atomic E-state index is 0.259. The van der Waals surface area contributed by atoms with E-state index in [9.17, 15) is 14.4 Å². The van der Waals surface area contributed by atoms with Gasteiger partial charge in [-0.2, -0.15) is 0 Å². The maximum absolute atomic E-state index is 11.9. The molecule has 2 aromatic rings. The second kappa shape index (κ2) is 8.76. The smallest absolute Gasteiger partial charge is 0.338 e. The molecule has 9 nitrogen and oxygen atoms in total. The van der Waals surface area contributed by atoms with E-state index in [2.05, 4.69) is 10.6 Å². The third kappa shape index (κ3) is 4.91. The average Bonchev–Trinajstić information content (AvgIpc) is 2.72. The van der Waals surface area contributed by atoms with Crippen LogP contribution in [0.3, 0.4) is 0 Å². The van der Waals surface area contributed by atoms with Crippen LogP contribution in [-0.2, 0) is 9.53 Å². The van der Waals surface area contributed by atoms with Crippen LogP contribution in [0, 0.1) is 0 Å². The van der Waals surface area contributed by atoms with Crippen molar-refractivity contribution in [1.82, 2.24) is 5.32 Å². The zero-order chi connectivity index (χ0) is 19.9. The van der Waals surface area contributed by atoms with Crippen LogP contribution in [0.4, 0.5) is 10.5 Å². The van der Waals surface area contributed by atoms with Gasteiger partial charge in [-0.15, -0.1) is 0 Å². The molecule has 0 atom stereocenters. The van der Waals surface area contributed by atoms with Gasteiger partial charge in [0.1, 0.15) is 19.0 Å². The first-order valence-corrected chi connectivity index (χ1v) is 8.37. The lowest BCUT2D eigenvalue weighted by Crippen LogP contribution is -2.37. The first-order valence-electron chi connectivity index (χ1n) is 8.37. The molecule has 146 valence electrons. The van der Waals surface area contributed by atoms with Crippen LogP contribution in [0.2, 0.25) is 0 Å². The molecule has 3 amide bonds. The monoisotopic (exact) mass is 386 g/mol. The molecule has 0 saturated heterocycles. The highest BCUT2D eigenvalue weighted by Crippen LogP contribution is 2.32. The molecule has 3 rings (SSSR count). The Hall–Kier alpha value is -3.75. The lowest BCUT2D eigenvalue weighted by molar-refractivity contribution is -0.123. The zero-order valence-electron chi connectivity index (χ0n) is 15.0. The predicted octanol–water partition coefficient (Wildman–Crippen LogP) is 1.97. The summed E-state index contributed by atoms with van der Waals surface area (Å²) in [5.41, 5.74) is 0.680. The largest absolute Gasteiger partial charge is 0.497 e. The maximum atomic E-state index is 11.9. The normalized spacial score (nSPS) is 11.9. The Kier molecular flexibility index (Phi) is 5.95. The fraction of sp³-hybridized carbons (Fsp3) is 0.211. The summed E-state index contributed by atoms with van der Waals surface area (Å²) >= 11 is 0. The van der Waals surface area contributed by atoms with Crippen molar-refractivity contribution in [3.8, 4) is 17.2 Å². The van der Waals surface area contributed by atoms with Crippen molar-refractivity contribution in [1.29, 1.82) is 0 Å². The molecule has 9 heteroatoms. The van der Waals surface area contributed by atoms with Gasteiger partial charge in [-0.1, -0.05) is 0 Å². The first-order chi connectivity index (χ1) is 13.5. The van der Waals surface area contributed by atoms with Gasteiger partial charge in [0, 0.05) is 11.8 Å². The number of imide groups is 1. The number of carbonyl (C=O) groups excluding carboxylic acids is 3. The summed E-state index contributed by atoms with van der Waals surface area (Å²) in [7, 11) is 1.51. The second-order valence-corrected chi connectivity index (χ2v) is 5.67. The molecule has 2 N–H and O–H groups in total. The lowest BCUT2D eigenvalue weighted by Gasteiger charge is -2.19. The van der Waals surface area contributed by atoms with E-state index in [-0.39, 0.29) is 5.56 Å². The summed E-state index contributed by atoms with van der Waals surface area (Å²) in [6.07, 6.45) is 0. The number of rotatable bonds is 5. The van der Waals surface area contributed by atoms with E-state index in [1.807, 2.05) is 0 Å². The van der Waals surface area contributed by atoms with E-state index in [0.29, 0.717) is 36.1 Å². The van der Waals surface area contributed by atoms with Crippen LogP contribution >= 0.6 is 0 Å². The summed E-state index contributed by atoms with van der Waals surface area (Å²) in [4.78, 5) is 35.6. The fourth-order valence-electron chi connectivity index (χ4n) is 2.39. The number of methoxy groups -OCH3 is 1. The average molecular weight is 386 g/mol. The van der Waals surface area contributed by atoms with Crippen molar-refractivity contribution in [3.63, 3.8) is 0 Å². The van der Waals surface area contributed by atoms with E-state index in [1.54, 1.807) is 30.3 Å². The molecule has 1 heterocycles. The Morgan fingerprint density at radius 1 is 1.00 bits per heavy atom. The highest BCUT2D eigenvalue weighted by Gasteiger charge is 2.15. The summed E-state index contributed by atoms with van der Waals surface area (Å²) in [6.45, 7) is 0.282. The van der Waals surface area contributed by atoms with Gasteiger partial charge in [-0.05, 0) is 36.4 Å². The zero-order valence-corrected chi connectivity index (χ0v) is 15.0. The van der Waals surface area contributed by atoms with Gasteiger partial charge >= 0.3 is 12.0 Å². The van der Waals surface area contributed by atoms with Gasteiger partial charge in [0.25, 0.3) is 5.91 Å². The molecule has 0 aliphatic carbocycles. The Morgan fingerprint density at radius 3 is 2.43 bits per heavy atom. The van der Waals surface area contributed by atoms with Crippen molar-refractivity contribution in [2.75, 3.05) is 32.2 Å². The Bertz CT molecular complexity index is 880. The van der Waals surface area contributed by atoms with Crippen molar-refractivity contribution in [3.05, 3.63) is 48.0 Å². The molecule has 28 heavy (non-hydrogen) atoms. The third-order valence-corrected chi connectivity index (χ3v) is 3.71. The highest BCUT2D eigenvalue weighted by atomic mass is 16.6. The molecule has 0 fully saturated rings. The number of ether oxygens (including phenoxy) is 4. The Morgan fingerprint density at radius 2 is 1.71 bits per heavy atom. The van der Waals surface area contributed by atoms with E-state index in [1.165, 1.54) is 19.2 Å². The van der Waals surface area contributed by atoms with Gasteiger partial charge in [-0.25, -0.2) is 9.59 Å². The SMILES string of the molecule is COc1ccc(C(=O)OCC(=O)NC(=O)Nc2ccc3c(c2)OCCO3)cc1. The van der Waals surface area contributed by atoms with Crippen LogP contribution in [0.15, 0.2) is 42.5 Å². The number of hydrogen-bond donors (Lipinski definition) is 2. The van der Waals surface area contributed by atoms with E-state index in [4.69, 9.17) is 18.9 Å². The van der Waals surface area contributed by atoms with Crippen molar-refractivity contribution in [2.45, 2.75) is 0 Å². The first kappa shape index (κ1) is 19.0. The minimum atomic E-state index is -0.767. The molecule has 2 aromatic carbocycles. The Labute approximate surface area is 160 Å². The predicted molar refractivity (Wildman–Crippen MR) is 97.9 cm³/mol. The molecule has 0 spiro atoms. The number of carbonyl (C=O) groups is 3. The van der Waals surface area contributed by atoms with Gasteiger partial charge in [0.2, 0.25) is 0 Å². The quantitative estimate of drug-likeness (QED) is 0.756.